The van der Waals surface area contributed by atoms with E-state index in [1.807, 2.05) is 0 Å². The molecule has 22 heavy (non-hydrogen) atoms. The second-order valence-electron chi connectivity index (χ2n) is 4.89. The molecule has 0 heterocycles. The number of benzene rings is 1. The predicted molar refractivity (Wildman–Crippen MR) is 76.2 cm³/mol. The average Bonchev–Trinajstić information content (AvgIpc) is 2.33. The topological polar surface area (TPSA) is 95.9 Å². The molecule has 1 N–H and O–H groups in total. The molecule has 0 aliphatic carbocycles. The van der Waals surface area contributed by atoms with Crippen LogP contribution in [0.1, 0.15) is 19.4 Å². The molecule has 0 saturated carbocycles. The fourth-order valence-corrected chi connectivity index (χ4v) is 2.89. The quantitative estimate of drug-likeness (QED) is 0.394. The summed E-state index contributed by atoms with van der Waals surface area (Å²) in [6.07, 6.45) is 0. The van der Waals surface area contributed by atoms with Crippen molar-refractivity contribution >= 4 is 25.2 Å². The second-order valence-corrected chi connectivity index (χ2v) is 6.96. The molecule has 118 valence electrons. The van der Waals surface area contributed by atoms with Crippen LogP contribution in [-0.2, 0) is 14.1 Å². The summed E-state index contributed by atoms with van der Waals surface area (Å²) in [5.74, 6) is -2.60. The summed E-state index contributed by atoms with van der Waals surface area (Å²) in [5, 5.41) is 0.537. The van der Waals surface area contributed by atoms with Gasteiger partial charge in [-0.05, 0) is 36.6 Å². The summed E-state index contributed by atoms with van der Waals surface area (Å²) >= 11 is 5.79. The second kappa shape index (κ2) is 9.76. The molecule has 0 fully saturated rings. The minimum Gasteiger partial charge on any atom is -0.776 e. The monoisotopic (exact) mass is 374 g/mol. The zero-order chi connectivity index (χ0) is 16.2. The first-order valence-electron chi connectivity index (χ1n) is 6.23. The summed E-state index contributed by atoms with van der Waals surface area (Å²) in [6, 6.07) is 4.86. The Morgan fingerprint density at radius 2 is 2.05 bits per heavy atom. The fraction of sp³-hybridized carbons (Fsp3) is 0.462. The van der Waals surface area contributed by atoms with Gasteiger partial charge in [0.25, 0.3) is 0 Å². The van der Waals surface area contributed by atoms with E-state index in [0.717, 1.165) is 5.56 Å². The molecule has 0 saturated heterocycles. The van der Waals surface area contributed by atoms with Crippen molar-refractivity contribution in [3.8, 4) is 5.75 Å². The Kier molecular flexibility index (Phi) is 10.0. The van der Waals surface area contributed by atoms with E-state index in [2.05, 4.69) is 0 Å². The summed E-state index contributed by atoms with van der Waals surface area (Å²) in [4.78, 5) is 31.8. The van der Waals surface area contributed by atoms with Crippen molar-refractivity contribution in [1.29, 1.82) is 0 Å². The number of halogens is 1. The van der Waals surface area contributed by atoms with Crippen LogP contribution >= 0.6 is 19.2 Å². The van der Waals surface area contributed by atoms with Crippen molar-refractivity contribution in [3.05, 3.63) is 28.8 Å². The molecule has 0 amide bonds. The third kappa shape index (κ3) is 7.42. The van der Waals surface area contributed by atoms with E-state index in [-0.39, 0.29) is 51.4 Å². The molecule has 0 radical (unpaired) electrons. The Morgan fingerprint density at radius 3 is 2.50 bits per heavy atom. The molecule has 1 aromatic rings. The van der Waals surface area contributed by atoms with Gasteiger partial charge in [-0.2, -0.15) is 0 Å². The molecular weight excluding hydrogens is 358 g/mol. The van der Waals surface area contributed by atoms with Crippen LogP contribution in [-0.4, -0.2) is 23.3 Å². The van der Waals surface area contributed by atoms with E-state index in [9.17, 15) is 14.3 Å². The standard InChI is InChI=1S/C13H18ClO6P.K/c1-8(2)13(21(16,17)18)20-12(15)7-19-11-5-4-10(14)6-9(11)3;/h4-6,8,13H,7H2,1-3H3,(H2,16,17,18);/q;+1/p-1. The van der Waals surface area contributed by atoms with E-state index in [1.54, 1.807) is 25.1 Å². The largest absolute Gasteiger partial charge is 1.00 e. The normalized spacial score (nSPS) is 14.7. The van der Waals surface area contributed by atoms with Gasteiger partial charge in [-0.1, -0.05) is 25.4 Å². The first kappa shape index (κ1) is 22.6. The van der Waals surface area contributed by atoms with Crippen LogP contribution in [0.4, 0.5) is 0 Å². The molecular formula is C13H17ClKO6P. The molecule has 1 rings (SSSR count). The third-order valence-corrected chi connectivity index (χ3v) is 4.21. The van der Waals surface area contributed by atoms with E-state index in [0.29, 0.717) is 10.8 Å². The molecule has 0 bridgehead atoms. The van der Waals surface area contributed by atoms with Gasteiger partial charge in [-0.15, -0.1) is 0 Å². The molecule has 0 spiro atoms. The van der Waals surface area contributed by atoms with Crippen LogP contribution in [0, 0.1) is 12.8 Å². The first-order chi connectivity index (χ1) is 9.61. The van der Waals surface area contributed by atoms with Crippen molar-refractivity contribution in [2.24, 2.45) is 5.92 Å². The van der Waals surface area contributed by atoms with Crippen molar-refractivity contribution in [3.63, 3.8) is 0 Å². The molecule has 0 aromatic heterocycles. The van der Waals surface area contributed by atoms with E-state index < -0.39 is 31.9 Å². The maximum Gasteiger partial charge on any atom is 1.00 e. The van der Waals surface area contributed by atoms with Crippen LogP contribution in [0.3, 0.4) is 0 Å². The Bertz CT molecular complexity index is 559. The van der Waals surface area contributed by atoms with Crippen molar-refractivity contribution < 1.29 is 80.0 Å². The zero-order valence-corrected chi connectivity index (χ0v) is 17.7. The fourth-order valence-electron chi connectivity index (χ4n) is 1.66. The summed E-state index contributed by atoms with van der Waals surface area (Å²) in [7, 11) is -4.76. The number of hydrogen-bond acceptors (Lipinski definition) is 5. The Hall–Kier alpha value is 0.566. The number of carbonyl (C=O) groups is 1. The molecule has 0 aliphatic heterocycles. The first-order valence-corrected chi connectivity index (χ1v) is 8.25. The number of aryl methyl sites for hydroxylation is 1. The average molecular weight is 375 g/mol. The van der Waals surface area contributed by atoms with Crippen molar-refractivity contribution in [2.75, 3.05) is 6.61 Å². The van der Waals surface area contributed by atoms with E-state index in [4.69, 9.17) is 26.0 Å². The molecule has 0 aliphatic rings. The maximum absolute atomic E-state index is 11.6. The van der Waals surface area contributed by atoms with Gasteiger partial charge in [-0.25, -0.2) is 4.79 Å². The van der Waals surface area contributed by atoms with Gasteiger partial charge >= 0.3 is 57.4 Å². The molecule has 6 nitrogen and oxygen atoms in total. The van der Waals surface area contributed by atoms with E-state index in [1.165, 1.54) is 13.8 Å². The van der Waals surface area contributed by atoms with Crippen molar-refractivity contribution in [2.45, 2.75) is 26.6 Å². The molecule has 9 heteroatoms. The number of esters is 1. The van der Waals surface area contributed by atoms with Gasteiger partial charge in [0.1, 0.15) is 5.75 Å². The molecule has 2 atom stereocenters. The van der Waals surface area contributed by atoms with Crippen molar-refractivity contribution in [1.82, 2.24) is 0 Å². The van der Waals surface area contributed by atoms with Gasteiger partial charge in [0.15, 0.2) is 20.0 Å². The van der Waals surface area contributed by atoms with Crippen LogP contribution in [0.2, 0.25) is 5.02 Å². The minimum absolute atomic E-state index is 0. The van der Waals surface area contributed by atoms with Gasteiger partial charge < -0.3 is 23.8 Å². The van der Waals surface area contributed by atoms with Gasteiger partial charge in [0, 0.05) is 5.02 Å². The van der Waals surface area contributed by atoms with Gasteiger partial charge in [0.2, 0.25) is 0 Å². The predicted octanol–water partition coefficient (Wildman–Crippen LogP) is -0.898. The van der Waals surface area contributed by atoms with E-state index >= 15 is 0 Å². The number of carbonyl (C=O) groups excluding carboxylic acids is 1. The Balaban J connectivity index is 0.00000441. The molecule has 2 unspecified atom stereocenters. The SMILES string of the molecule is Cc1cc(Cl)ccc1OCC(=O)OC(C(C)C)P(=O)([O-])O.[K+]. The van der Waals surface area contributed by atoms with Crippen LogP contribution in [0.15, 0.2) is 18.2 Å². The number of rotatable bonds is 6. The summed E-state index contributed by atoms with van der Waals surface area (Å²) < 4.78 is 21.1. The van der Waals surface area contributed by atoms with Crippen LogP contribution in [0.5, 0.6) is 5.75 Å². The Labute approximate surface area is 177 Å². The Morgan fingerprint density at radius 1 is 1.45 bits per heavy atom. The molecule has 1 aromatic carbocycles. The minimum atomic E-state index is -4.76. The summed E-state index contributed by atoms with van der Waals surface area (Å²) in [5.41, 5.74) is 0.729. The third-order valence-electron chi connectivity index (χ3n) is 2.63. The zero-order valence-electron chi connectivity index (χ0n) is 12.9. The van der Waals surface area contributed by atoms with Gasteiger partial charge in [0.05, 0.1) is 0 Å². The summed E-state index contributed by atoms with van der Waals surface area (Å²) in [6.45, 7) is 4.32. The van der Waals surface area contributed by atoms with Crippen LogP contribution in [0.25, 0.3) is 0 Å². The smallest absolute Gasteiger partial charge is 0.776 e. The number of ether oxygens (including phenoxy) is 2. The van der Waals surface area contributed by atoms with Crippen LogP contribution < -0.4 is 61.0 Å². The van der Waals surface area contributed by atoms with Gasteiger partial charge in [-0.3, -0.25) is 0 Å². The maximum atomic E-state index is 11.6. The number of hydrogen-bond donors (Lipinski definition) is 1.